The fourth-order valence-corrected chi connectivity index (χ4v) is 2.78. The summed E-state index contributed by atoms with van der Waals surface area (Å²) in [4.78, 5) is 23.6. The van der Waals surface area contributed by atoms with Crippen molar-refractivity contribution in [3.8, 4) is 5.75 Å². The molecule has 0 aliphatic heterocycles. The molecule has 0 unspecified atom stereocenters. The van der Waals surface area contributed by atoms with Crippen LogP contribution in [0.1, 0.15) is 44.8 Å². The summed E-state index contributed by atoms with van der Waals surface area (Å²) in [6.07, 6.45) is 7.51. The molecule has 1 aliphatic carbocycles. The van der Waals surface area contributed by atoms with Gasteiger partial charge in [0.25, 0.3) is 0 Å². The Bertz CT molecular complexity index is 798. The SMILES string of the molecule is CC(=O)Oc1cccc2c(=O)cc(C3=CCCCCC3)oc12. The summed E-state index contributed by atoms with van der Waals surface area (Å²) in [5.41, 5.74) is 1.29. The van der Waals surface area contributed by atoms with Crippen LogP contribution in [0.5, 0.6) is 5.75 Å². The van der Waals surface area contributed by atoms with Gasteiger partial charge in [-0.25, -0.2) is 0 Å². The second kappa shape index (κ2) is 6.18. The molecule has 0 radical (unpaired) electrons. The molecule has 3 rings (SSSR count). The van der Waals surface area contributed by atoms with Gasteiger partial charge < -0.3 is 9.15 Å². The molecule has 0 bridgehead atoms. The molecule has 2 aromatic rings. The lowest BCUT2D eigenvalue weighted by atomic mass is 10.1. The minimum Gasteiger partial charge on any atom is -0.452 e. The molecule has 0 fully saturated rings. The van der Waals surface area contributed by atoms with Crippen molar-refractivity contribution in [3.05, 3.63) is 46.3 Å². The fraction of sp³-hybridized carbons (Fsp3) is 0.333. The van der Waals surface area contributed by atoms with E-state index < -0.39 is 5.97 Å². The normalized spacial score (nSPS) is 15.2. The highest BCUT2D eigenvalue weighted by Gasteiger charge is 2.14. The molecule has 4 nitrogen and oxygen atoms in total. The molecule has 1 aromatic carbocycles. The number of hydrogen-bond donors (Lipinski definition) is 0. The largest absolute Gasteiger partial charge is 0.452 e. The molecule has 22 heavy (non-hydrogen) atoms. The van der Waals surface area contributed by atoms with Gasteiger partial charge in [0, 0.05) is 13.0 Å². The van der Waals surface area contributed by atoms with Crippen molar-refractivity contribution in [3.63, 3.8) is 0 Å². The van der Waals surface area contributed by atoms with E-state index in [0.717, 1.165) is 24.8 Å². The predicted molar refractivity (Wildman–Crippen MR) is 84.9 cm³/mol. The smallest absolute Gasteiger partial charge is 0.308 e. The highest BCUT2D eigenvalue weighted by atomic mass is 16.5. The Balaban J connectivity index is 2.15. The lowest BCUT2D eigenvalue weighted by molar-refractivity contribution is -0.131. The Morgan fingerprint density at radius 2 is 2.09 bits per heavy atom. The van der Waals surface area contributed by atoms with Gasteiger partial charge in [-0.2, -0.15) is 0 Å². The molecular formula is C18H18O4. The van der Waals surface area contributed by atoms with Gasteiger partial charge >= 0.3 is 5.97 Å². The van der Waals surface area contributed by atoms with E-state index in [0.29, 0.717) is 16.7 Å². The van der Waals surface area contributed by atoms with Gasteiger partial charge in [0.15, 0.2) is 16.8 Å². The molecule has 1 heterocycles. The van der Waals surface area contributed by atoms with Crippen LogP contribution in [0.4, 0.5) is 0 Å². The lowest BCUT2D eigenvalue weighted by Crippen LogP contribution is -2.06. The van der Waals surface area contributed by atoms with Gasteiger partial charge in [0.1, 0.15) is 5.76 Å². The number of allylic oxidation sites excluding steroid dienone is 2. The van der Waals surface area contributed by atoms with E-state index in [1.165, 1.54) is 25.8 Å². The summed E-state index contributed by atoms with van der Waals surface area (Å²) in [7, 11) is 0. The van der Waals surface area contributed by atoms with Crippen LogP contribution >= 0.6 is 0 Å². The molecule has 0 spiro atoms. The molecule has 0 saturated carbocycles. The zero-order valence-electron chi connectivity index (χ0n) is 12.6. The Morgan fingerprint density at radius 1 is 1.23 bits per heavy atom. The van der Waals surface area contributed by atoms with E-state index in [1.54, 1.807) is 18.2 Å². The first-order valence-corrected chi connectivity index (χ1v) is 7.60. The number of esters is 1. The molecular weight excluding hydrogens is 280 g/mol. The molecule has 0 atom stereocenters. The lowest BCUT2D eigenvalue weighted by Gasteiger charge is -2.09. The molecule has 1 aliphatic rings. The predicted octanol–water partition coefficient (Wildman–Crippen LogP) is 4.07. The van der Waals surface area contributed by atoms with Crippen LogP contribution in [0.15, 0.2) is 39.6 Å². The first-order chi connectivity index (χ1) is 10.6. The number of rotatable bonds is 2. The average Bonchev–Trinajstić information content (AvgIpc) is 2.76. The summed E-state index contributed by atoms with van der Waals surface area (Å²) >= 11 is 0. The van der Waals surface area contributed by atoms with Gasteiger partial charge in [-0.05, 0) is 43.4 Å². The summed E-state index contributed by atoms with van der Waals surface area (Å²) in [6.45, 7) is 1.33. The fourth-order valence-electron chi connectivity index (χ4n) is 2.78. The molecule has 0 amide bonds. The van der Waals surface area contributed by atoms with Crippen LogP contribution in [0.3, 0.4) is 0 Å². The van der Waals surface area contributed by atoms with E-state index in [2.05, 4.69) is 6.08 Å². The Morgan fingerprint density at radius 3 is 2.91 bits per heavy atom. The van der Waals surface area contributed by atoms with Gasteiger partial charge in [-0.15, -0.1) is 0 Å². The number of carbonyl (C=O) groups is 1. The first kappa shape index (κ1) is 14.6. The number of fused-ring (bicyclic) bond motifs is 1. The van der Waals surface area contributed by atoms with E-state index in [9.17, 15) is 9.59 Å². The third kappa shape index (κ3) is 2.96. The maximum atomic E-state index is 12.3. The second-order valence-electron chi connectivity index (χ2n) is 5.53. The monoisotopic (exact) mass is 298 g/mol. The zero-order chi connectivity index (χ0) is 15.5. The van der Waals surface area contributed by atoms with Crippen molar-refractivity contribution in [1.82, 2.24) is 0 Å². The molecule has 0 saturated heterocycles. The zero-order valence-corrected chi connectivity index (χ0v) is 12.6. The quantitative estimate of drug-likeness (QED) is 0.619. The highest BCUT2D eigenvalue weighted by molar-refractivity contribution is 5.86. The first-order valence-electron chi connectivity index (χ1n) is 7.60. The number of hydrogen-bond acceptors (Lipinski definition) is 4. The summed E-state index contributed by atoms with van der Waals surface area (Å²) in [6, 6.07) is 6.54. The van der Waals surface area contributed by atoms with Crippen molar-refractivity contribution < 1.29 is 13.9 Å². The topological polar surface area (TPSA) is 56.5 Å². The molecule has 4 heteroatoms. The molecule has 1 aromatic heterocycles. The van der Waals surface area contributed by atoms with E-state index >= 15 is 0 Å². The number of carbonyl (C=O) groups excluding carboxylic acids is 1. The van der Waals surface area contributed by atoms with Crippen LogP contribution < -0.4 is 10.2 Å². The van der Waals surface area contributed by atoms with Crippen molar-refractivity contribution in [1.29, 1.82) is 0 Å². The Labute approximate surface area is 128 Å². The number of benzene rings is 1. The Kier molecular flexibility index (Phi) is 4.09. The summed E-state index contributed by atoms with van der Waals surface area (Å²) in [5.74, 6) is 0.436. The Hall–Kier alpha value is -2.36. The highest BCUT2D eigenvalue weighted by Crippen LogP contribution is 2.30. The van der Waals surface area contributed by atoms with Crippen LogP contribution in [0.2, 0.25) is 0 Å². The van der Waals surface area contributed by atoms with Gasteiger partial charge in [0.05, 0.1) is 5.39 Å². The van der Waals surface area contributed by atoms with Crippen molar-refractivity contribution in [2.45, 2.75) is 39.0 Å². The summed E-state index contributed by atoms with van der Waals surface area (Å²) < 4.78 is 11.1. The van der Waals surface area contributed by atoms with Crippen LogP contribution in [0.25, 0.3) is 16.5 Å². The maximum Gasteiger partial charge on any atom is 0.308 e. The van der Waals surface area contributed by atoms with E-state index in [4.69, 9.17) is 9.15 Å². The van der Waals surface area contributed by atoms with Gasteiger partial charge in [-0.1, -0.05) is 18.6 Å². The van der Waals surface area contributed by atoms with Crippen molar-refractivity contribution in [2.24, 2.45) is 0 Å². The van der Waals surface area contributed by atoms with Gasteiger partial charge in [0.2, 0.25) is 0 Å². The summed E-state index contributed by atoms with van der Waals surface area (Å²) in [5, 5.41) is 0.428. The molecule has 0 N–H and O–H groups in total. The second-order valence-corrected chi connectivity index (χ2v) is 5.53. The maximum absolute atomic E-state index is 12.3. The third-order valence-corrected chi connectivity index (χ3v) is 3.83. The van der Waals surface area contributed by atoms with Crippen molar-refractivity contribution in [2.75, 3.05) is 0 Å². The van der Waals surface area contributed by atoms with E-state index in [1.807, 2.05) is 0 Å². The average molecular weight is 298 g/mol. The van der Waals surface area contributed by atoms with Gasteiger partial charge in [-0.3, -0.25) is 9.59 Å². The molecule has 114 valence electrons. The van der Waals surface area contributed by atoms with Crippen molar-refractivity contribution >= 4 is 22.5 Å². The number of para-hydroxylation sites is 1. The van der Waals surface area contributed by atoms with E-state index in [-0.39, 0.29) is 11.2 Å². The minimum atomic E-state index is -0.436. The minimum absolute atomic E-state index is 0.115. The standard InChI is InChI=1S/C18H18O4/c1-12(19)21-16-10-6-9-14-15(20)11-17(22-18(14)16)13-7-4-2-3-5-8-13/h6-7,9-11H,2-5,8H2,1H3. The van der Waals surface area contributed by atoms with Crippen LogP contribution in [-0.2, 0) is 4.79 Å². The van der Waals surface area contributed by atoms with Crippen LogP contribution in [-0.4, -0.2) is 5.97 Å². The third-order valence-electron chi connectivity index (χ3n) is 3.83. The van der Waals surface area contributed by atoms with Crippen LogP contribution in [0, 0.1) is 0 Å². The number of ether oxygens (including phenoxy) is 1.